The number of likely N-dealkylation sites (tertiary alicyclic amines) is 1. The minimum Gasteiger partial charge on any atom is -0.467 e. The van der Waals surface area contributed by atoms with Crippen LogP contribution in [0.1, 0.15) is 30.1 Å². The predicted octanol–water partition coefficient (Wildman–Crippen LogP) is 3.01. The molecule has 0 spiro atoms. The molecular weight excluding hydrogens is 347 g/mol. The summed E-state index contributed by atoms with van der Waals surface area (Å²) in [5.74, 6) is 0.384. The lowest BCUT2D eigenvalue weighted by Gasteiger charge is -2.33. The summed E-state index contributed by atoms with van der Waals surface area (Å²) in [6.45, 7) is 2.55. The monoisotopic (exact) mass is 370 g/mol. The average molecular weight is 370 g/mol. The van der Waals surface area contributed by atoms with Crippen molar-refractivity contribution in [2.75, 3.05) is 19.9 Å². The topological polar surface area (TPSA) is 50.8 Å². The second-order valence-corrected chi connectivity index (χ2v) is 7.04. The summed E-state index contributed by atoms with van der Waals surface area (Å²) >= 11 is 0. The number of ether oxygens (including phenoxy) is 2. The second kappa shape index (κ2) is 8.06. The SMILES string of the molecule is O=C(NC1CCN(Cc2cccc(F)c2)CC1)C1OCOc2ccccc21. The quantitative estimate of drug-likeness (QED) is 0.899. The first-order valence-corrected chi connectivity index (χ1v) is 9.29. The van der Waals surface area contributed by atoms with Gasteiger partial charge in [-0.1, -0.05) is 30.3 Å². The molecule has 1 fully saturated rings. The van der Waals surface area contributed by atoms with Gasteiger partial charge in [0.05, 0.1) is 0 Å². The van der Waals surface area contributed by atoms with Crippen molar-refractivity contribution in [2.45, 2.75) is 31.5 Å². The lowest BCUT2D eigenvalue weighted by molar-refractivity contribution is -0.143. The van der Waals surface area contributed by atoms with Crippen LogP contribution in [0.2, 0.25) is 0 Å². The fraction of sp³-hybridized carbons (Fsp3) is 0.381. The molecule has 0 saturated carbocycles. The van der Waals surface area contributed by atoms with Crippen molar-refractivity contribution in [3.8, 4) is 5.75 Å². The van der Waals surface area contributed by atoms with Crippen LogP contribution in [0.15, 0.2) is 48.5 Å². The fourth-order valence-electron chi connectivity index (χ4n) is 3.71. The molecule has 0 aromatic heterocycles. The van der Waals surface area contributed by atoms with E-state index in [-0.39, 0.29) is 24.6 Å². The molecule has 1 unspecified atom stereocenters. The maximum absolute atomic E-state index is 13.3. The highest BCUT2D eigenvalue weighted by Crippen LogP contribution is 2.32. The van der Waals surface area contributed by atoms with Gasteiger partial charge in [-0.15, -0.1) is 0 Å². The largest absolute Gasteiger partial charge is 0.467 e. The smallest absolute Gasteiger partial charge is 0.254 e. The third kappa shape index (κ3) is 4.28. The number of carbonyl (C=O) groups excluding carboxylic acids is 1. The maximum atomic E-state index is 13.3. The van der Waals surface area contributed by atoms with E-state index in [1.165, 1.54) is 6.07 Å². The van der Waals surface area contributed by atoms with Crippen molar-refractivity contribution in [3.05, 3.63) is 65.5 Å². The van der Waals surface area contributed by atoms with Gasteiger partial charge < -0.3 is 14.8 Å². The fourth-order valence-corrected chi connectivity index (χ4v) is 3.71. The lowest BCUT2D eigenvalue weighted by atomic mass is 10.0. The minimum atomic E-state index is -0.625. The van der Waals surface area contributed by atoms with Crippen LogP contribution in [0, 0.1) is 5.82 Å². The number of benzene rings is 2. The molecule has 6 heteroatoms. The minimum absolute atomic E-state index is 0.0845. The molecule has 2 aromatic rings. The zero-order valence-electron chi connectivity index (χ0n) is 15.1. The van der Waals surface area contributed by atoms with Crippen LogP contribution >= 0.6 is 0 Å². The van der Waals surface area contributed by atoms with Crippen molar-refractivity contribution >= 4 is 5.91 Å². The molecule has 1 saturated heterocycles. The van der Waals surface area contributed by atoms with Gasteiger partial charge in [-0.25, -0.2) is 4.39 Å². The summed E-state index contributed by atoms with van der Waals surface area (Å²) in [6, 6.07) is 14.3. The Kier molecular flexibility index (Phi) is 5.36. The van der Waals surface area contributed by atoms with Gasteiger partial charge in [0.15, 0.2) is 12.9 Å². The molecule has 1 N–H and O–H groups in total. The molecule has 2 aliphatic rings. The summed E-state index contributed by atoms with van der Waals surface area (Å²) in [4.78, 5) is 15.0. The summed E-state index contributed by atoms with van der Waals surface area (Å²) in [7, 11) is 0. The highest BCUT2D eigenvalue weighted by molar-refractivity contribution is 5.83. The predicted molar refractivity (Wildman–Crippen MR) is 98.6 cm³/mol. The van der Waals surface area contributed by atoms with E-state index in [0.717, 1.165) is 43.6 Å². The molecule has 2 heterocycles. The van der Waals surface area contributed by atoms with Crippen molar-refractivity contribution in [1.82, 2.24) is 10.2 Å². The van der Waals surface area contributed by atoms with Crippen LogP contribution in [-0.2, 0) is 16.1 Å². The first kappa shape index (κ1) is 17.9. The van der Waals surface area contributed by atoms with Crippen LogP contribution in [0.3, 0.4) is 0 Å². The zero-order valence-corrected chi connectivity index (χ0v) is 15.1. The number of rotatable bonds is 4. The number of fused-ring (bicyclic) bond motifs is 1. The Morgan fingerprint density at radius 1 is 1.15 bits per heavy atom. The zero-order chi connectivity index (χ0) is 18.6. The molecule has 2 aromatic carbocycles. The van der Waals surface area contributed by atoms with E-state index in [0.29, 0.717) is 5.75 Å². The summed E-state index contributed by atoms with van der Waals surface area (Å²) in [5, 5.41) is 3.12. The van der Waals surface area contributed by atoms with Crippen LogP contribution in [0.5, 0.6) is 5.75 Å². The van der Waals surface area contributed by atoms with Crippen molar-refractivity contribution in [2.24, 2.45) is 0 Å². The standard InChI is InChI=1S/C21H23FN2O3/c22-16-5-3-4-15(12-16)13-24-10-8-17(9-11-24)23-21(25)20-18-6-1-2-7-19(18)26-14-27-20/h1-7,12,17,20H,8-11,13-14H2,(H,23,25). The number of piperidine rings is 1. The molecular formula is C21H23FN2O3. The van der Waals surface area contributed by atoms with E-state index in [4.69, 9.17) is 9.47 Å². The number of halogens is 1. The Bertz CT molecular complexity index is 806. The van der Waals surface area contributed by atoms with Gasteiger partial charge >= 0.3 is 0 Å². The van der Waals surface area contributed by atoms with Crippen LogP contribution in [0.25, 0.3) is 0 Å². The van der Waals surface area contributed by atoms with Gasteiger partial charge in [0, 0.05) is 31.2 Å². The van der Waals surface area contributed by atoms with Gasteiger partial charge in [-0.3, -0.25) is 9.69 Å². The summed E-state index contributed by atoms with van der Waals surface area (Å²) < 4.78 is 24.3. The number of nitrogens with one attached hydrogen (secondary N) is 1. The Balaban J connectivity index is 1.30. The van der Waals surface area contributed by atoms with E-state index in [1.54, 1.807) is 12.1 Å². The Morgan fingerprint density at radius 2 is 1.96 bits per heavy atom. The summed E-state index contributed by atoms with van der Waals surface area (Å²) in [6.07, 6.45) is 1.11. The molecule has 4 rings (SSSR count). The molecule has 1 amide bonds. The highest BCUT2D eigenvalue weighted by Gasteiger charge is 2.30. The third-order valence-electron chi connectivity index (χ3n) is 5.12. The number of nitrogens with zero attached hydrogens (tertiary/aromatic N) is 1. The molecule has 0 radical (unpaired) electrons. The van der Waals surface area contributed by atoms with E-state index in [1.807, 2.05) is 30.3 Å². The Hall–Kier alpha value is -2.44. The maximum Gasteiger partial charge on any atom is 0.254 e. The first-order chi connectivity index (χ1) is 13.2. The van der Waals surface area contributed by atoms with E-state index in [2.05, 4.69) is 10.2 Å². The average Bonchev–Trinajstić information content (AvgIpc) is 2.69. The molecule has 0 bridgehead atoms. The summed E-state index contributed by atoms with van der Waals surface area (Å²) in [5.41, 5.74) is 1.74. The van der Waals surface area contributed by atoms with Gasteiger partial charge in [-0.05, 0) is 36.6 Å². The lowest BCUT2D eigenvalue weighted by Crippen LogP contribution is -2.46. The number of amides is 1. The number of hydrogen-bond acceptors (Lipinski definition) is 4. The van der Waals surface area contributed by atoms with E-state index < -0.39 is 6.10 Å². The van der Waals surface area contributed by atoms with Crippen molar-refractivity contribution in [3.63, 3.8) is 0 Å². The molecule has 1 atom stereocenters. The molecule has 0 aliphatic carbocycles. The third-order valence-corrected chi connectivity index (χ3v) is 5.12. The Morgan fingerprint density at radius 3 is 2.78 bits per heavy atom. The van der Waals surface area contributed by atoms with E-state index in [9.17, 15) is 9.18 Å². The second-order valence-electron chi connectivity index (χ2n) is 7.04. The van der Waals surface area contributed by atoms with Gasteiger partial charge in [0.1, 0.15) is 11.6 Å². The molecule has 5 nitrogen and oxygen atoms in total. The first-order valence-electron chi connectivity index (χ1n) is 9.29. The van der Waals surface area contributed by atoms with Gasteiger partial charge in [0.2, 0.25) is 0 Å². The van der Waals surface area contributed by atoms with Crippen LogP contribution in [0.4, 0.5) is 4.39 Å². The molecule has 27 heavy (non-hydrogen) atoms. The number of carbonyl (C=O) groups is 1. The van der Waals surface area contributed by atoms with E-state index >= 15 is 0 Å². The van der Waals surface area contributed by atoms with Crippen LogP contribution < -0.4 is 10.1 Å². The van der Waals surface area contributed by atoms with Gasteiger partial charge in [-0.2, -0.15) is 0 Å². The van der Waals surface area contributed by atoms with Gasteiger partial charge in [0.25, 0.3) is 5.91 Å². The van der Waals surface area contributed by atoms with Crippen molar-refractivity contribution < 1.29 is 18.7 Å². The molecule has 142 valence electrons. The number of hydrogen-bond donors (Lipinski definition) is 1. The van der Waals surface area contributed by atoms with Crippen LogP contribution in [-0.4, -0.2) is 36.7 Å². The molecule has 2 aliphatic heterocycles. The highest BCUT2D eigenvalue weighted by atomic mass is 19.1. The number of para-hydroxylation sites is 1. The van der Waals surface area contributed by atoms with Crippen molar-refractivity contribution in [1.29, 1.82) is 0 Å². The Labute approximate surface area is 158 Å². The normalized spacial score (nSPS) is 20.6.